The molecule has 0 saturated heterocycles. The molecule has 5 rings (SSSR count). The van der Waals surface area contributed by atoms with E-state index in [1.165, 1.54) is 29.4 Å². The highest BCUT2D eigenvalue weighted by atomic mass is 35.5. The van der Waals surface area contributed by atoms with E-state index < -0.39 is 23.1 Å². The van der Waals surface area contributed by atoms with E-state index in [-0.39, 0.29) is 33.1 Å². The topological polar surface area (TPSA) is 78.9 Å². The Labute approximate surface area is 223 Å². The first-order chi connectivity index (χ1) is 17.7. The number of halogens is 3. The van der Waals surface area contributed by atoms with E-state index >= 15 is 4.39 Å². The third-order valence-corrected chi connectivity index (χ3v) is 7.79. The van der Waals surface area contributed by atoms with Gasteiger partial charge in [0.2, 0.25) is 0 Å². The molecule has 2 aliphatic rings. The predicted molar refractivity (Wildman–Crippen MR) is 142 cm³/mol. The molecule has 6 nitrogen and oxygen atoms in total. The second-order valence-corrected chi connectivity index (χ2v) is 10.2. The lowest BCUT2D eigenvalue weighted by molar-refractivity contribution is -0.140. The number of ether oxygens (including phenoxy) is 1. The number of carboxylic acid groups (broad SMARTS) is 1. The summed E-state index contributed by atoms with van der Waals surface area (Å²) in [7, 11) is 0. The first-order valence-corrected chi connectivity index (χ1v) is 12.8. The largest absolute Gasteiger partial charge is 0.490 e. The van der Waals surface area contributed by atoms with Crippen molar-refractivity contribution in [1.29, 1.82) is 0 Å². The predicted octanol–water partition coefficient (Wildman–Crippen LogP) is 6.33. The monoisotopic (exact) mass is 542 g/mol. The van der Waals surface area contributed by atoms with E-state index in [1.54, 1.807) is 6.07 Å². The van der Waals surface area contributed by atoms with Gasteiger partial charge in [-0.15, -0.1) is 0 Å². The first kappa shape index (κ1) is 25.4. The van der Waals surface area contributed by atoms with E-state index in [0.717, 1.165) is 19.0 Å². The average molecular weight is 543 g/mol. The van der Waals surface area contributed by atoms with Crippen LogP contribution in [0.25, 0.3) is 0 Å². The Bertz CT molecular complexity index is 1390. The van der Waals surface area contributed by atoms with Crippen molar-refractivity contribution < 1.29 is 23.8 Å². The van der Waals surface area contributed by atoms with Crippen molar-refractivity contribution >= 4 is 46.5 Å². The number of nitrogens with one attached hydrogen (secondary N) is 1. The summed E-state index contributed by atoms with van der Waals surface area (Å²) in [5.74, 6) is -2.33. The van der Waals surface area contributed by atoms with Crippen LogP contribution in [0, 0.1) is 5.82 Å². The maximum absolute atomic E-state index is 15.0. The smallest absolute Gasteiger partial charge is 0.314 e. The molecule has 1 saturated carbocycles. The van der Waals surface area contributed by atoms with Gasteiger partial charge in [-0.25, -0.2) is 4.39 Å². The Kier molecular flexibility index (Phi) is 6.77. The van der Waals surface area contributed by atoms with E-state index in [2.05, 4.69) is 29.3 Å². The van der Waals surface area contributed by atoms with Gasteiger partial charge in [-0.3, -0.25) is 9.59 Å². The number of benzene rings is 3. The number of rotatable bonds is 8. The highest BCUT2D eigenvalue weighted by Gasteiger charge is 2.51. The van der Waals surface area contributed by atoms with Crippen LogP contribution in [-0.2, 0) is 16.6 Å². The molecule has 0 bridgehead atoms. The number of aliphatic carboxylic acids is 1. The molecule has 0 aromatic heterocycles. The van der Waals surface area contributed by atoms with Crippen molar-refractivity contribution in [2.24, 2.45) is 0 Å². The van der Waals surface area contributed by atoms with Gasteiger partial charge in [0.1, 0.15) is 18.2 Å². The molecule has 1 aliphatic heterocycles. The summed E-state index contributed by atoms with van der Waals surface area (Å²) in [4.78, 5) is 26.8. The summed E-state index contributed by atoms with van der Waals surface area (Å²) in [6.45, 7) is 3.19. The number of amides is 1. The number of carboxylic acids is 1. The third kappa shape index (κ3) is 4.74. The van der Waals surface area contributed by atoms with E-state index in [0.29, 0.717) is 25.0 Å². The summed E-state index contributed by atoms with van der Waals surface area (Å²) in [6, 6.07) is 15.3. The molecular weight excluding hydrogens is 518 g/mol. The molecule has 0 unspecified atom stereocenters. The Morgan fingerprint density at radius 3 is 2.59 bits per heavy atom. The summed E-state index contributed by atoms with van der Waals surface area (Å²) in [6.07, 6.45) is 1.83. The van der Waals surface area contributed by atoms with Crippen molar-refractivity contribution in [2.45, 2.75) is 37.6 Å². The van der Waals surface area contributed by atoms with Gasteiger partial charge in [0.25, 0.3) is 5.91 Å². The number of anilines is 2. The number of para-hydroxylation sites is 1. The molecule has 1 aliphatic carbocycles. The van der Waals surface area contributed by atoms with Crippen molar-refractivity contribution in [3.05, 3.63) is 87.2 Å². The lowest BCUT2D eigenvalue weighted by Crippen LogP contribution is -2.36. The van der Waals surface area contributed by atoms with Gasteiger partial charge in [-0.1, -0.05) is 47.5 Å². The average Bonchev–Trinajstić information content (AvgIpc) is 3.61. The molecule has 2 N–H and O–H groups in total. The molecule has 1 fully saturated rings. The lowest BCUT2D eigenvalue weighted by Gasteiger charge is -2.26. The summed E-state index contributed by atoms with van der Waals surface area (Å²) in [5.41, 5.74) is 1.90. The van der Waals surface area contributed by atoms with E-state index in [1.807, 2.05) is 12.1 Å². The quantitative estimate of drug-likeness (QED) is 0.347. The van der Waals surface area contributed by atoms with Crippen LogP contribution in [0.2, 0.25) is 10.0 Å². The molecule has 192 valence electrons. The highest BCUT2D eigenvalue weighted by molar-refractivity contribution is 6.34. The summed E-state index contributed by atoms with van der Waals surface area (Å²) >= 11 is 12.6. The number of likely N-dealkylation sites (N-methyl/N-ethyl adjacent to an activating group) is 1. The van der Waals surface area contributed by atoms with Crippen LogP contribution in [0.4, 0.5) is 15.8 Å². The highest BCUT2D eigenvalue weighted by Crippen LogP contribution is 2.49. The molecule has 3 aromatic rings. The number of hydrogen-bond acceptors (Lipinski definition) is 4. The van der Waals surface area contributed by atoms with Gasteiger partial charge in [-0.2, -0.15) is 0 Å². The van der Waals surface area contributed by atoms with Gasteiger partial charge in [-0.05, 0) is 61.6 Å². The SMILES string of the molecule is CCN1c2ccccc2C[C@@H]1COc1cc(F)c(C(=O)Nc2cc(C3(C(=O)O)CC3)ccc2Cl)cc1Cl. The number of hydrogen-bond donors (Lipinski definition) is 2. The Hall–Kier alpha value is -3.29. The third-order valence-electron chi connectivity index (χ3n) is 7.16. The Balaban J connectivity index is 1.30. The normalized spacial score (nSPS) is 17.3. The maximum atomic E-state index is 15.0. The number of carbonyl (C=O) groups is 2. The minimum absolute atomic E-state index is 0.0829. The Morgan fingerprint density at radius 1 is 1.14 bits per heavy atom. The fourth-order valence-electron chi connectivity index (χ4n) is 4.96. The fourth-order valence-corrected chi connectivity index (χ4v) is 5.34. The van der Waals surface area contributed by atoms with Gasteiger partial charge in [0.15, 0.2) is 0 Å². The lowest BCUT2D eigenvalue weighted by atomic mass is 9.95. The van der Waals surface area contributed by atoms with E-state index in [4.69, 9.17) is 27.9 Å². The van der Waals surface area contributed by atoms with Gasteiger partial charge >= 0.3 is 5.97 Å². The van der Waals surface area contributed by atoms with Crippen molar-refractivity contribution in [3.8, 4) is 5.75 Å². The van der Waals surface area contributed by atoms with E-state index in [9.17, 15) is 14.7 Å². The van der Waals surface area contributed by atoms with Crippen LogP contribution in [0.3, 0.4) is 0 Å². The van der Waals surface area contributed by atoms with Crippen LogP contribution in [0.15, 0.2) is 54.6 Å². The van der Waals surface area contributed by atoms with Gasteiger partial charge < -0.3 is 20.1 Å². The molecule has 1 amide bonds. The molecular formula is C28H25Cl2FN2O4. The zero-order valence-corrected chi connectivity index (χ0v) is 21.6. The second kappa shape index (κ2) is 9.88. The van der Waals surface area contributed by atoms with Crippen LogP contribution >= 0.6 is 23.2 Å². The van der Waals surface area contributed by atoms with Crippen LogP contribution in [0.1, 0.15) is 41.3 Å². The van der Waals surface area contributed by atoms with Crippen molar-refractivity contribution in [1.82, 2.24) is 0 Å². The van der Waals surface area contributed by atoms with Crippen LogP contribution in [-0.4, -0.2) is 36.2 Å². The molecule has 0 spiro atoms. The minimum atomic E-state index is -0.967. The zero-order chi connectivity index (χ0) is 26.3. The number of nitrogens with zero attached hydrogens (tertiary/aromatic N) is 1. The summed E-state index contributed by atoms with van der Waals surface area (Å²) in [5, 5.41) is 12.5. The fraction of sp³-hybridized carbons (Fsp3) is 0.286. The maximum Gasteiger partial charge on any atom is 0.314 e. The van der Waals surface area contributed by atoms with Crippen molar-refractivity contribution in [2.75, 3.05) is 23.4 Å². The molecule has 37 heavy (non-hydrogen) atoms. The standard InChI is InChI=1S/C28H25Cl2FN2O4/c1-2-33-18(11-16-5-3-4-6-24(16)33)15-37-25-14-22(31)19(13-21(25)30)26(34)32-23-12-17(7-8-20(23)29)28(9-10-28)27(35)36/h3-8,12-14,18H,2,9-11,15H2,1H3,(H,32,34)(H,35,36)/t18-/m1/s1. The Morgan fingerprint density at radius 2 is 1.89 bits per heavy atom. The molecule has 0 radical (unpaired) electrons. The van der Waals surface area contributed by atoms with Crippen molar-refractivity contribution in [3.63, 3.8) is 0 Å². The molecule has 3 aromatic carbocycles. The van der Waals surface area contributed by atoms with Gasteiger partial charge in [0.05, 0.1) is 32.8 Å². The van der Waals surface area contributed by atoms with Gasteiger partial charge in [0, 0.05) is 18.3 Å². The first-order valence-electron chi connectivity index (χ1n) is 12.0. The zero-order valence-electron chi connectivity index (χ0n) is 20.1. The summed E-state index contributed by atoms with van der Waals surface area (Å²) < 4.78 is 20.9. The molecule has 1 atom stereocenters. The molecule has 1 heterocycles. The number of carbonyl (C=O) groups excluding carboxylic acids is 1. The van der Waals surface area contributed by atoms with Crippen LogP contribution < -0.4 is 15.0 Å². The minimum Gasteiger partial charge on any atom is -0.490 e. The second-order valence-electron chi connectivity index (χ2n) is 9.38. The number of fused-ring (bicyclic) bond motifs is 1. The molecule has 9 heteroatoms. The van der Waals surface area contributed by atoms with Crippen LogP contribution in [0.5, 0.6) is 5.75 Å².